The number of carbonyl (C=O) groups excluding carboxylic acids is 1. The fourth-order valence-electron chi connectivity index (χ4n) is 3.62. The number of aromatic amines is 1. The monoisotopic (exact) mass is 401 g/mol. The molecule has 0 atom stereocenters. The van der Waals surface area contributed by atoms with Crippen LogP contribution in [0.25, 0.3) is 27.5 Å². The lowest BCUT2D eigenvalue weighted by Gasteiger charge is -2.13. The van der Waals surface area contributed by atoms with E-state index in [0.29, 0.717) is 22.5 Å². The number of rotatable bonds is 4. The van der Waals surface area contributed by atoms with E-state index in [-0.39, 0.29) is 23.9 Å². The minimum Gasteiger partial charge on any atom is -0.324 e. The average Bonchev–Trinajstić information content (AvgIpc) is 3.34. The van der Waals surface area contributed by atoms with Crippen molar-refractivity contribution in [3.63, 3.8) is 0 Å². The van der Waals surface area contributed by atoms with Crippen LogP contribution in [0, 0.1) is 0 Å². The Hall–Kier alpha value is -4.01. The summed E-state index contributed by atoms with van der Waals surface area (Å²) >= 11 is 0. The minimum absolute atomic E-state index is 0.0426. The lowest BCUT2D eigenvalue weighted by molar-refractivity contribution is -0.117. The van der Waals surface area contributed by atoms with E-state index in [1.165, 1.54) is 4.68 Å². The topological polar surface area (TPSA) is 110 Å². The molecule has 0 saturated heterocycles. The van der Waals surface area contributed by atoms with Crippen molar-refractivity contribution in [3.05, 3.63) is 65.0 Å². The largest absolute Gasteiger partial charge is 0.324 e. The molecule has 0 bridgehead atoms. The van der Waals surface area contributed by atoms with Crippen LogP contribution >= 0.6 is 0 Å². The Kier molecular flexibility index (Phi) is 4.09. The van der Waals surface area contributed by atoms with Crippen LogP contribution in [0.4, 0.5) is 5.69 Å². The first kappa shape index (κ1) is 18.0. The number of pyridine rings is 1. The average molecular weight is 401 g/mol. The molecule has 0 fully saturated rings. The quantitative estimate of drug-likeness (QED) is 0.481. The van der Waals surface area contributed by atoms with Crippen LogP contribution in [0.5, 0.6) is 0 Å². The molecule has 9 nitrogen and oxygen atoms in total. The molecule has 2 N–H and O–H groups in total. The van der Waals surface area contributed by atoms with Gasteiger partial charge >= 0.3 is 0 Å². The van der Waals surface area contributed by atoms with Crippen LogP contribution in [0.15, 0.2) is 53.6 Å². The molecule has 30 heavy (non-hydrogen) atoms. The van der Waals surface area contributed by atoms with Crippen molar-refractivity contribution in [1.29, 1.82) is 0 Å². The summed E-state index contributed by atoms with van der Waals surface area (Å²) in [6.45, 7) is 3.81. The Balaban J connectivity index is 1.53. The Morgan fingerprint density at radius 3 is 2.90 bits per heavy atom. The smallest absolute Gasteiger partial charge is 0.291 e. The Morgan fingerprint density at radius 2 is 2.07 bits per heavy atom. The second kappa shape index (κ2) is 6.80. The van der Waals surface area contributed by atoms with Gasteiger partial charge in [0.25, 0.3) is 5.56 Å². The zero-order valence-electron chi connectivity index (χ0n) is 16.5. The third-order valence-corrected chi connectivity index (χ3v) is 5.01. The standard InChI is InChI=1S/C21H19N7O2/c1-12(2)20-26-27(21(30)18-9-16-17(28(18)20)4-3-7-22-16)11-19(29)24-14-6-5-13-10-23-25-15(13)8-14/h3-10,12H,11H2,1-2H3,(H,23,25)(H,24,29). The fraction of sp³-hybridized carbons (Fsp3) is 0.190. The normalized spacial score (nSPS) is 11.7. The van der Waals surface area contributed by atoms with Crippen LogP contribution in [-0.2, 0) is 11.3 Å². The van der Waals surface area contributed by atoms with Gasteiger partial charge in [0.2, 0.25) is 5.91 Å². The van der Waals surface area contributed by atoms with Gasteiger partial charge in [0.05, 0.1) is 22.7 Å². The van der Waals surface area contributed by atoms with Gasteiger partial charge in [0, 0.05) is 23.2 Å². The molecule has 5 rings (SSSR count). The van der Waals surface area contributed by atoms with Gasteiger partial charge in [-0.2, -0.15) is 10.2 Å². The number of hydrogen-bond donors (Lipinski definition) is 2. The molecule has 5 aromatic rings. The van der Waals surface area contributed by atoms with E-state index >= 15 is 0 Å². The van der Waals surface area contributed by atoms with E-state index in [1.807, 2.05) is 36.4 Å². The molecular formula is C21H19N7O2. The zero-order chi connectivity index (χ0) is 20.8. The van der Waals surface area contributed by atoms with Crippen molar-refractivity contribution in [1.82, 2.24) is 29.4 Å². The minimum atomic E-state index is -0.337. The number of fused-ring (bicyclic) bond motifs is 4. The molecule has 9 heteroatoms. The van der Waals surface area contributed by atoms with Crippen molar-refractivity contribution in [2.75, 3.05) is 5.32 Å². The molecular weight excluding hydrogens is 382 g/mol. The van der Waals surface area contributed by atoms with Gasteiger partial charge in [-0.05, 0) is 36.4 Å². The highest BCUT2D eigenvalue weighted by molar-refractivity contribution is 5.93. The van der Waals surface area contributed by atoms with E-state index in [9.17, 15) is 9.59 Å². The third-order valence-electron chi connectivity index (χ3n) is 5.01. The summed E-state index contributed by atoms with van der Waals surface area (Å²) in [6, 6.07) is 10.9. The fourth-order valence-corrected chi connectivity index (χ4v) is 3.62. The second-order valence-electron chi connectivity index (χ2n) is 7.47. The maximum atomic E-state index is 13.1. The molecule has 150 valence electrons. The highest BCUT2D eigenvalue weighted by Gasteiger charge is 2.18. The molecule has 0 unspecified atom stereocenters. The van der Waals surface area contributed by atoms with Crippen molar-refractivity contribution in [3.8, 4) is 0 Å². The van der Waals surface area contributed by atoms with E-state index < -0.39 is 0 Å². The molecule has 0 saturated carbocycles. The van der Waals surface area contributed by atoms with Gasteiger partial charge in [0.1, 0.15) is 17.9 Å². The zero-order valence-corrected chi connectivity index (χ0v) is 16.5. The number of hydrogen-bond acceptors (Lipinski definition) is 5. The molecule has 0 aliphatic carbocycles. The molecule has 4 heterocycles. The van der Waals surface area contributed by atoms with Gasteiger partial charge < -0.3 is 5.32 Å². The van der Waals surface area contributed by atoms with Crippen molar-refractivity contribution in [2.45, 2.75) is 26.3 Å². The summed E-state index contributed by atoms with van der Waals surface area (Å²) in [6.07, 6.45) is 3.40. The number of carbonyl (C=O) groups is 1. The number of anilines is 1. The summed E-state index contributed by atoms with van der Waals surface area (Å²) in [5.74, 6) is 0.400. The van der Waals surface area contributed by atoms with E-state index in [4.69, 9.17) is 0 Å². The summed E-state index contributed by atoms with van der Waals surface area (Å²) in [5.41, 5.74) is 3.09. The van der Waals surface area contributed by atoms with Crippen LogP contribution in [0.3, 0.4) is 0 Å². The molecule has 0 aliphatic heterocycles. The van der Waals surface area contributed by atoms with Crippen LogP contribution in [0.2, 0.25) is 0 Å². The first-order chi connectivity index (χ1) is 14.5. The van der Waals surface area contributed by atoms with Crippen molar-refractivity contribution >= 4 is 39.0 Å². The second-order valence-corrected chi connectivity index (χ2v) is 7.47. The van der Waals surface area contributed by atoms with E-state index in [1.54, 1.807) is 30.6 Å². The first-order valence-corrected chi connectivity index (χ1v) is 9.61. The summed E-state index contributed by atoms with van der Waals surface area (Å²) in [5, 5.41) is 15.1. The van der Waals surface area contributed by atoms with Crippen LogP contribution in [0.1, 0.15) is 25.6 Å². The number of nitrogens with zero attached hydrogens (tertiary/aromatic N) is 5. The van der Waals surface area contributed by atoms with Gasteiger partial charge in [-0.1, -0.05) is 13.8 Å². The summed E-state index contributed by atoms with van der Waals surface area (Å²) in [4.78, 5) is 30.0. The van der Waals surface area contributed by atoms with Gasteiger partial charge in [-0.3, -0.25) is 24.1 Å². The summed E-state index contributed by atoms with van der Waals surface area (Å²) < 4.78 is 3.05. The molecule has 0 radical (unpaired) electrons. The lowest BCUT2D eigenvalue weighted by atomic mass is 10.2. The highest BCUT2D eigenvalue weighted by atomic mass is 16.2. The molecule has 4 aromatic heterocycles. The number of benzene rings is 1. The SMILES string of the molecule is CC(C)c1nn(CC(=O)Nc2ccc3cn[nH]c3c2)c(=O)c2cc3ncccc3n12. The van der Waals surface area contributed by atoms with Gasteiger partial charge in [0.15, 0.2) is 0 Å². The molecule has 1 aromatic carbocycles. The maximum Gasteiger partial charge on any atom is 0.291 e. The number of aromatic nitrogens is 6. The number of amides is 1. The Bertz CT molecular complexity index is 1480. The molecule has 0 spiro atoms. The van der Waals surface area contributed by atoms with Gasteiger partial charge in [-0.25, -0.2) is 4.68 Å². The number of nitrogens with one attached hydrogen (secondary N) is 2. The predicted octanol–water partition coefficient (Wildman–Crippen LogP) is 2.68. The first-order valence-electron chi connectivity index (χ1n) is 9.61. The Labute approximate surface area is 170 Å². The van der Waals surface area contributed by atoms with E-state index in [2.05, 4.69) is 25.6 Å². The maximum absolute atomic E-state index is 13.1. The van der Waals surface area contributed by atoms with Crippen molar-refractivity contribution < 1.29 is 4.79 Å². The van der Waals surface area contributed by atoms with Crippen LogP contribution in [-0.4, -0.2) is 35.3 Å². The van der Waals surface area contributed by atoms with Gasteiger partial charge in [-0.15, -0.1) is 0 Å². The van der Waals surface area contributed by atoms with Crippen LogP contribution < -0.4 is 10.9 Å². The molecule has 1 amide bonds. The predicted molar refractivity (Wildman–Crippen MR) is 114 cm³/mol. The van der Waals surface area contributed by atoms with E-state index in [0.717, 1.165) is 16.4 Å². The lowest BCUT2D eigenvalue weighted by Crippen LogP contribution is -2.32. The third kappa shape index (κ3) is 2.91. The molecule has 0 aliphatic rings. The van der Waals surface area contributed by atoms with Crippen molar-refractivity contribution in [2.24, 2.45) is 0 Å². The Morgan fingerprint density at radius 1 is 1.20 bits per heavy atom. The highest BCUT2D eigenvalue weighted by Crippen LogP contribution is 2.21. The number of H-pyrrole nitrogens is 1. The summed E-state index contributed by atoms with van der Waals surface area (Å²) in [7, 11) is 0.